The zero-order valence-electron chi connectivity index (χ0n) is 77.1. The molecule has 0 radical (unpaired) electrons. The molecule has 0 saturated heterocycles. The predicted octanol–water partition coefficient (Wildman–Crippen LogP) is 22.5. The lowest BCUT2D eigenvalue weighted by molar-refractivity contribution is -0.153. The zero-order chi connectivity index (χ0) is 84.0. The van der Waals surface area contributed by atoms with Crippen LogP contribution in [-0.4, -0.2) is 100.0 Å². The maximum absolute atomic E-state index is 13.8. The van der Waals surface area contributed by atoms with Gasteiger partial charge in [-0.3, -0.25) is 37.9 Å². The van der Waals surface area contributed by atoms with Gasteiger partial charge in [0.05, 0.1) is 30.8 Å². The highest BCUT2D eigenvalue weighted by molar-refractivity contribution is 5.99. The van der Waals surface area contributed by atoms with Gasteiger partial charge in [0.1, 0.15) is 5.54 Å². The van der Waals surface area contributed by atoms with Crippen LogP contribution in [0, 0.1) is 74.9 Å². The minimum absolute atomic E-state index is 0.105. The number of rotatable bonds is 16. The molecule has 676 valence electrons. The van der Waals surface area contributed by atoms with E-state index in [1.54, 1.807) is 0 Å². The van der Waals surface area contributed by atoms with Gasteiger partial charge >= 0.3 is 5.97 Å². The van der Waals surface area contributed by atoms with Crippen molar-refractivity contribution in [2.45, 2.75) is 462 Å². The Bertz CT molecular complexity index is 4300. The van der Waals surface area contributed by atoms with E-state index in [0.717, 1.165) is 167 Å². The van der Waals surface area contributed by atoms with E-state index in [9.17, 15) is 24.0 Å². The third-order valence-corrected chi connectivity index (χ3v) is 37.1. The molecule has 123 heavy (non-hydrogen) atoms. The predicted molar refractivity (Wildman–Crippen MR) is 485 cm³/mol. The summed E-state index contributed by atoms with van der Waals surface area (Å²) in [4.78, 5) is 67.5. The SMILES string of the molecule is CC12CCC(C1)C(C)(C)C2NC(=O)c1nn(C2CCCCC2)c2c1CCCCCC2.CCOC(=O)C1(NC(=O)c2nn(C3CCCCC3)c3c2CCCCCC3)CC2CCC1C2.O=C(NCC12CC3CC(CC(C3)C1)C2)c1nn(C2CCCC2)c2c1CCCCCC2.O=C(NCC12CC3CC(CC(C3)C1)C2)c1nn(C2CCCCC2)c2c1CCCCCC2. The highest BCUT2D eigenvalue weighted by Gasteiger charge is 2.61. The molecule has 0 aliphatic heterocycles. The van der Waals surface area contributed by atoms with E-state index in [1.807, 2.05) is 6.92 Å². The van der Waals surface area contributed by atoms with Crippen LogP contribution < -0.4 is 21.3 Å². The molecule has 18 heteroatoms. The fraction of sp³-hybridized carbons (Fsp3) is 0.838. The van der Waals surface area contributed by atoms with Crippen LogP contribution in [0.3, 0.4) is 0 Å². The molecule has 6 atom stereocenters. The van der Waals surface area contributed by atoms with E-state index < -0.39 is 5.54 Å². The number of nitrogens with one attached hydrogen (secondary N) is 4. The smallest absolute Gasteiger partial charge is 0.332 e. The first-order valence-electron chi connectivity index (χ1n) is 52.7. The molecule has 20 aliphatic rings. The Balaban J connectivity index is 0.000000108. The molecule has 12 bridgehead atoms. The van der Waals surface area contributed by atoms with Crippen LogP contribution in [0.15, 0.2) is 0 Å². The summed E-state index contributed by atoms with van der Waals surface area (Å²) >= 11 is 0. The van der Waals surface area contributed by atoms with E-state index in [1.165, 1.54) is 341 Å². The number of fused-ring (bicyclic) bond motifs is 8. The molecule has 20 aliphatic carbocycles. The molecule has 0 spiro atoms. The van der Waals surface area contributed by atoms with Crippen molar-refractivity contribution in [3.8, 4) is 0 Å². The Morgan fingerprint density at radius 2 is 0.667 bits per heavy atom. The van der Waals surface area contributed by atoms with Gasteiger partial charge in [-0.25, -0.2) is 4.79 Å². The maximum atomic E-state index is 13.8. The number of esters is 1. The summed E-state index contributed by atoms with van der Waals surface area (Å²) in [7, 11) is 0. The average Bonchev–Trinajstić information content (AvgIpc) is 1.51. The number of amides is 4. The maximum Gasteiger partial charge on any atom is 0.332 e. The van der Waals surface area contributed by atoms with Crippen molar-refractivity contribution in [1.29, 1.82) is 0 Å². The lowest BCUT2D eigenvalue weighted by atomic mass is 9.49. The molecule has 24 rings (SSSR count). The van der Waals surface area contributed by atoms with Gasteiger partial charge in [-0.2, -0.15) is 20.4 Å². The van der Waals surface area contributed by atoms with Gasteiger partial charge in [-0.05, 0) is 358 Å². The first kappa shape index (κ1) is 86.6. The second-order valence-electron chi connectivity index (χ2n) is 46.1. The Morgan fingerprint density at radius 3 is 0.984 bits per heavy atom. The van der Waals surface area contributed by atoms with E-state index >= 15 is 0 Å². The van der Waals surface area contributed by atoms with Gasteiger partial charge in [0, 0.05) is 64.2 Å². The standard InChI is InChI=1S/C27H41N3O.C26H39N3O3.C26H39N3O.C26H41N3O/c31-26(28-18-27-15-19-12-20(16-27)14-21(13-19)17-27)25-23-10-6-1-2-7-11-24(23)30(29-25)22-8-4-3-5-9-22;1-2-32-25(31)26(17-18-14-15-19(26)16-18)27-24(30)23-21-12-8-3-4-9-13-22(21)29(28-23)20-10-6-5-7-11-20;30-25(27-17-26-14-18-11-19(15-26)13-20(12-18)16-26)24-22-9-3-1-2-4-10-23(22)29(28-24)21-7-5-6-8-21;1-25(2)18-15-16-26(3,17-18)24(25)27-23(30)22-20-13-9-4-5-10-14-21(20)29(28-22)19-11-7-6-8-12-19/h19-22H,1-18H2,(H,28,31);18-20H,2-17H2,1H3,(H,27,30);18-21H,1-17H2,(H,27,30);18-19,24H,4-17H2,1-3H3,(H,27,30). The topological polar surface area (TPSA) is 214 Å². The summed E-state index contributed by atoms with van der Waals surface area (Å²) in [6, 6.07) is 2.24. The van der Waals surface area contributed by atoms with Crippen molar-refractivity contribution < 1.29 is 28.7 Å². The van der Waals surface area contributed by atoms with Crippen LogP contribution in [-0.2, 0) is 60.9 Å². The van der Waals surface area contributed by atoms with Gasteiger partial charge in [-0.15, -0.1) is 0 Å². The van der Waals surface area contributed by atoms with Crippen molar-refractivity contribution in [3.05, 3.63) is 67.8 Å². The van der Waals surface area contributed by atoms with Crippen molar-refractivity contribution >= 4 is 29.6 Å². The molecule has 18 nitrogen and oxygen atoms in total. The van der Waals surface area contributed by atoms with Crippen LogP contribution in [0.4, 0.5) is 0 Å². The van der Waals surface area contributed by atoms with E-state index in [0.29, 0.717) is 59.6 Å². The lowest BCUT2D eigenvalue weighted by Gasteiger charge is -2.56. The molecule has 0 aromatic carbocycles. The summed E-state index contributed by atoms with van der Waals surface area (Å²) in [5.74, 6) is 7.05. The molecule has 4 aromatic heterocycles. The zero-order valence-corrected chi connectivity index (χ0v) is 77.1. The number of hydrogen-bond acceptors (Lipinski definition) is 10. The summed E-state index contributed by atoms with van der Waals surface area (Å²) in [6.45, 7) is 11.1. The fourth-order valence-electron chi connectivity index (χ4n) is 31.9. The van der Waals surface area contributed by atoms with E-state index in [4.69, 9.17) is 25.1 Å². The van der Waals surface area contributed by atoms with E-state index in [2.05, 4.69) is 60.8 Å². The Hall–Kier alpha value is -5.81. The lowest BCUT2D eigenvalue weighted by Crippen LogP contribution is -2.58. The summed E-state index contributed by atoms with van der Waals surface area (Å²) in [5, 5.41) is 33.8. The number of ether oxygens (including phenoxy) is 1. The molecule has 4 N–H and O–H groups in total. The van der Waals surface area contributed by atoms with Crippen LogP contribution >= 0.6 is 0 Å². The average molecular weight is 1690 g/mol. The van der Waals surface area contributed by atoms with Crippen molar-refractivity contribution in [2.24, 2.45) is 74.9 Å². The Morgan fingerprint density at radius 1 is 0.341 bits per heavy atom. The quantitative estimate of drug-likeness (QED) is 0.0779. The third kappa shape index (κ3) is 18.0. The molecular formula is C105H160N12O6. The monoisotopic (exact) mass is 1690 g/mol. The van der Waals surface area contributed by atoms with Crippen LogP contribution in [0.2, 0.25) is 0 Å². The van der Waals surface area contributed by atoms with Gasteiger partial charge < -0.3 is 26.0 Å². The van der Waals surface area contributed by atoms with Gasteiger partial charge in [-0.1, -0.05) is 143 Å². The normalized spacial score (nSPS) is 33.8. The van der Waals surface area contributed by atoms with Gasteiger partial charge in [0.25, 0.3) is 23.6 Å². The Kier molecular flexibility index (Phi) is 26.3. The summed E-state index contributed by atoms with van der Waals surface area (Å²) in [5.41, 5.74) is 13.8. The van der Waals surface area contributed by atoms with Gasteiger partial charge in [0.15, 0.2) is 22.8 Å². The molecule has 16 saturated carbocycles. The number of hydrogen-bond donors (Lipinski definition) is 4. The number of carbonyl (C=O) groups excluding carboxylic acids is 5. The molecule has 4 amide bonds. The minimum atomic E-state index is -0.862. The molecule has 4 heterocycles. The van der Waals surface area contributed by atoms with Gasteiger partial charge in [0.2, 0.25) is 0 Å². The fourth-order valence-corrected chi connectivity index (χ4v) is 31.9. The number of nitrogens with zero attached hydrogens (tertiary/aromatic N) is 8. The van der Waals surface area contributed by atoms with Crippen molar-refractivity contribution in [1.82, 2.24) is 60.4 Å². The third-order valence-electron chi connectivity index (χ3n) is 37.1. The first-order chi connectivity index (χ1) is 59.9. The highest BCUT2D eigenvalue weighted by Crippen LogP contribution is 2.64. The summed E-state index contributed by atoms with van der Waals surface area (Å²) < 4.78 is 14.7. The van der Waals surface area contributed by atoms with Crippen molar-refractivity contribution in [3.63, 3.8) is 0 Å². The summed E-state index contributed by atoms with van der Waals surface area (Å²) in [6.07, 6.45) is 77.0. The number of carbonyl (C=O) groups is 5. The molecule has 16 fully saturated rings. The number of aromatic nitrogens is 8. The van der Waals surface area contributed by atoms with Crippen LogP contribution in [0.1, 0.15) is 486 Å². The van der Waals surface area contributed by atoms with Crippen LogP contribution in [0.5, 0.6) is 0 Å². The second-order valence-corrected chi connectivity index (χ2v) is 46.1. The minimum Gasteiger partial charge on any atom is -0.464 e. The van der Waals surface area contributed by atoms with E-state index in [-0.39, 0.29) is 52.4 Å². The highest BCUT2D eigenvalue weighted by atomic mass is 16.5. The van der Waals surface area contributed by atoms with Crippen molar-refractivity contribution in [2.75, 3.05) is 19.7 Å². The molecule has 6 unspecified atom stereocenters. The second kappa shape index (κ2) is 37.3. The molecular weight excluding hydrogens is 1530 g/mol. The largest absolute Gasteiger partial charge is 0.464 e. The molecule has 4 aromatic rings. The van der Waals surface area contributed by atoms with Crippen LogP contribution in [0.25, 0.3) is 0 Å². The first-order valence-corrected chi connectivity index (χ1v) is 52.7. The Labute approximate surface area is 738 Å².